The molecule has 0 spiro atoms. The number of hydrogen-bond acceptors (Lipinski definition) is 4. The molecule has 7 rings (SSSR count). The lowest BCUT2D eigenvalue weighted by atomic mass is 9.49. The summed E-state index contributed by atoms with van der Waals surface area (Å²) in [6.07, 6.45) is 9.10. The van der Waals surface area contributed by atoms with E-state index in [2.05, 4.69) is 21.4 Å². The molecule has 24 heavy (non-hydrogen) atoms. The van der Waals surface area contributed by atoms with Gasteiger partial charge in [0.2, 0.25) is 0 Å². The molecular formula is C18H20N4O2. The van der Waals surface area contributed by atoms with Crippen molar-refractivity contribution < 1.29 is 9.53 Å². The Hall–Kier alpha value is -2.34. The molecule has 0 radical (unpaired) electrons. The van der Waals surface area contributed by atoms with Gasteiger partial charge in [-0.3, -0.25) is 4.79 Å². The number of methoxy groups -OCH3 is 1. The number of nitrogens with two attached hydrogens (primary N) is 1. The lowest BCUT2D eigenvalue weighted by molar-refractivity contribution is -0.106. The molecule has 2 aromatic heterocycles. The number of aromatic nitrogens is 2. The van der Waals surface area contributed by atoms with Crippen LogP contribution in [0, 0.1) is 11.8 Å². The van der Waals surface area contributed by atoms with Gasteiger partial charge in [-0.2, -0.15) is 0 Å². The summed E-state index contributed by atoms with van der Waals surface area (Å²) in [5, 5.41) is 4.48. The summed E-state index contributed by atoms with van der Waals surface area (Å²) in [5.74, 6) is 0.740. The number of primary amides is 1. The molecule has 4 N–H and O–H groups in total. The fraction of sp³-hybridized carbons (Fsp3) is 0.444. The Labute approximate surface area is 139 Å². The third-order valence-electron chi connectivity index (χ3n) is 6.14. The van der Waals surface area contributed by atoms with Crippen LogP contribution in [0.3, 0.4) is 0 Å². The van der Waals surface area contributed by atoms with Gasteiger partial charge in [-0.15, -0.1) is 0 Å². The molecule has 4 bridgehead atoms. The van der Waals surface area contributed by atoms with Gasteiger partial charge in [-0.1, -0.05) is 6.08 Å². The van der Waals surface area contributed by atoms with Crippen molar-refractivity contribution in [2.24, 2.45) is 17.6 Å². The third kappa shape index (κ3) is 1.69. The number of fused-ring (bicyclic) bond motifs is 2. The molecule has 2 aromatic rings. The van der Waals surface area contributed by atoms with Gasteiger partial charge in [-0.25, -0.2) is 4.98 Å². The number of carbonyl (C=O) groups excluding carboxylic acids is 1. The average molecular weight is 324 g/mol. The maximum absolute atomic E-state index is 11.8. The summed E-state index contributed by atoms with van der Waals surface area (Å²) in [5.41, 5.74) is 8.96. The highest BCUT2D eigenvalue weighted by Gasteiger charge is 2.59. The first-order valence-electron chi connectivity index (χ1n) is 8.41. The van der Waals surface area contributed by atoms with Gasteiger partial charge in [0.1, 0.15) is 5.65 Å². The van der Waals surface area contributed by atoms with Crippen LogP contribution in [0.2, 0.25) is 0 Å². The van der Waals surface area contributed by atoms with Crippen LogP contribution in [0.1, 0.15) is 29.6 Å². The van der Waals surface area contributed by atoms with Gasteiger partial charge in [0.15, 0.2) is 0 Å². The average Bonchev–Trinajstić information content (AvgIpc) is 3.06. The fourth-order valence-electron chi connectivity index (χ4n) is 5.00. The molecule has 0 saturated heterocycles. The number of pyridine rings is 1. The molecule has 0 aromatic carbocycles. The second-order valence-electron chi connectivity index (χ2n) is 7.24. The topological polar surface area (TPSA) is 93.0 Å². The highest BCUT2D eigenvalue weighted by Crippen LogP contribution is 2.61. The molecule has 2 heterocycles. The van der Waals surface area contributed by atoms with Gasteiger partial charge in [-0.05, 0) is 42.7 Å². The molecule has 6 heteroatoms. The number of carbonyl (C=O) groups is 1. The molecule has 3 fully saturated rings. The van der Waals surface area contributed by atoms with Crippen LogP contribution in [-0.2, 0) is 4.74 Å². The van der Waals surface area contributed by atoms with Crippen LogP contribution in [0.5, 0.6) is 0 Å². The van der Waals surface area contributed by atoms with Crippen LogP contribution in [0.25, 0.3) is 11.0 Å². The number of amides is 1. The van der Waals surface area contributed by atoms with Crippen LogP contribution < -0.4 is 11.1 Å². The number of nitrogens with zero attached hydrogens (tertiary/aromatic N) is 1. The van der Waals surface area contributed by atoms with Crippen LogP contribution in [0.4, 0.5) is 5.69 Å². The van der Waals surface area contributed by atoms with Crippen molar-refractivity contribution in [2.75, 3.05) is 12.4 Å². The molecule has 1 amide bonds. The van der Waals surface area contributed by atoms with Crippen molar-refractivity contribution in [3.05, 3.63) is 35.7 Å². The van der Waals surface area contributed by atoms with Gasteiger partial charge in [0, 0.05) is 30.9 Å². The quantitative estimate of drug-likeness (QED) is 0.752. The van der Waals surface area contributed by atoms with E-state index in [-0.39, 0.29) is 11.6 Å². The number of ether oxygens (including phenoxy) is 1. The van der Waals surface area contributed by atoms with Gasteiger partial charge < -0.3 is 20.8 Å². The van der Waals surface area contributed by atoms with E-state index in [1.807, 2.05) is 19.4 Å². The highest BCUT2D eigenvalue weighted by atomic mass is 16.5. The normalized spacial score (nSPS) is 33.2. The number of rotatable bonds is 4. The SMILES string of the molecule is CO[C@]12CC3C[C@H](C1)[C@@H](Nc1c(C(N)=O)cnc4[nH]ccc14)C=C32. The Balaban J connectivity index is 1.55. The van der Waals surface area contributed by atoms with E-state index in [9.17, 15) is 4.79 Å². The van der Waals surface area contributed by atoms with Crippen molar-refractivity contribution in [3.8, 4) is 0 Å². The number of anilines is 1. The predicted molar refractivity (Wildman–Crippen MR) is 90.7 cm³/mol. The maximum atomic E-state index is 11.8. The third-order valence-corrected chi connectivity index (χ3v) is 6.14. The molecule has 1 unspecified atom stereocenters. The summed E-state index contributed by atoms with van der Waals surface area (Å²) in [6.45, 7) is 0. The Bertz CT molecular complexity index is 886. The van der Waals surface area contributed by atoms with E-state index in [0.29, 0.717) is 17.4 Å². The van der Waals surface area contributed by atoms with Gasteiger partial charge in [0.05, 0.1) is 16.9 Å². The zero-order valence-corrected chi connectivity index (χ0v) is 13.5. The number of hydrogen-bond donors (Lipinski definition) is 3. The number of aromatic amines is 1. The standard InChI is InChI=1S/C18H20N4O2/c1-24-18-6-9-4-10(7-18)14(5-13(9)18)22-15-11-2-3-20-17(11)21-8-12(15)16(19)23/h2-3,5,8-10,14H,4,6-7H2,1H3,(H2,19,23)(H2,20,21,22)/t9?,10-,14+,18-/m1/s1. The van der Waals surface area contributed by atoms with Crippen LogP contribution >= 0.6 is 0 Å². The van der Waals surface area contributed by atoms with Crippen molar-refractivity contribution in [1.29, 1.82) is 0 Å². The molecular weight excluding hydrogens is 304 g/mol. The van der Waals surface area contributed by atoms with E-state index in [0.717, 1.165) is 29.6 Å². The first-order chi connectivity index (χ1) is 11.6. The Morgan fingerprint density at radius 2 is 2.38 bits per heavy atom. The minimum atomic E-state index is -0.460. The fourth-order valence-corrected chi connectivity index (χ4v) is 5.00. The molecule has 5 aliphatic carbocycles. The van der Waals surface area contributed by atoms with Gasteiger partial charge >= 0.3 is 0 Å². The number of nitrogens with one attached hydrogen (secondary N) is 2. The maximum Gasteiger partial charge on any atom is 0.252 e. The van der Waals surface area contributed by atoms with Gasteiger partial charge in [0.25, 0.3) is 5.91 Å². The van der Waals surface area contributed by atoms with E-state index in [1.165, 1.54) is 12.0 Å². The van der Waals surface area contributed by atoms with E-state index in [1.54, 1.807) is 6.20 Å². The molecule has 124 valence electrons. The molecule has 6 nitrogen and oxygen atoms in total. The minimum Gasteiger partial charge on any atom is -0.377 e. The summed E-state index contributed by atoms with van der Waals surface area (Å²) in [4.78, 5) is 19.2. The van der Waals surface area contributed by atoms with E-state index >= 15 is 0 Å². The summed E-state index contributed by atoms with van der Waals surface area (Å²) in [6, 6.07) is 2.14. The van der Waals surface area contributed by atoms with E-state index in [4.69, 9.17) is 10.5 Å². The lowest BCUT2D eigenvalue weighted by Crippen LogP contribution is -2.60. The Morgan fingerprint density at radius 3 is 3.08 bits per heavy atom. The minimum absolute atomic E-state index is 0.0140. The van der Waals surface area contributed by atoms with Crippen molar-refractivity contribution >= 4 is 22.6 Å². The first-order valence-corrected chi connectivity index (χ1v) is 8.41. The molecule has 4 atom stereocenters. The predicted octanol–water partition coefficient (Wildman–Crippen LogP) is 2.20. The Morgan fingerprint density at radius 1 is 1.50 bits per heavy atom. The first kappa shape index (κ1) is 14.0. The van der Waals surface area contributed by atoms with Crippen molar-refractivity contribution in [1.82, 2.24) is 9.97 Å². The molecule has 3 saturated carbocycles. The Kier molecular flexibility index (Phi) is 2.69. The van der Waals surface area contributed by atoms with Crippen LogP contribution in [0.15, 0.2) is 30.1 Å². The molecule has 0 aliphatic heterocycles. The van der Waals surface area contributed by atoms with E-state index < -0.39 is 5.91 Å². The van der Waals surface area contributed by atoms with Crippen molar-refractivity contribution in [2.45, 2.75) is 30.9 Å². The smallest absolute Gasteiger partial charge is 0.252 e. The zero-order chi connectivity index (χ0) is 16.5. The zero-order valence-electron chi connectivity index (χ0n) is 13.5. The summed E-state index contributed by atoms with van der Waals surface area (Å²) < 4.78 is 5.81. The summed E-state index contributed by atoms with van der Waals surface area (Å²) >= 11 is 0. The highest BCUT2D eigenvalue weighted by molar-refractivity contribution is 6.06. The molecule has 5 aliphatic rings. The summed E-state index contributed by atoms with van der Waals surface area (Å²) in [7, 11) is 1.82. The second kappa shape index (κ2) is 4.60. The van der Waals surface area contributed by atoms with Crippen molar-refractivity contribution in [3.63, 3.8) is 0 Å². The largest absolute Gasteiger partial charge is 0.377 e. The lowest BCUT2D eigenvalue weighted by Gasteiger charge is -2.61. The number of H-pyrrole nitrogens is 1. The second-order valence-corrected chi connectivity index (χ2v) is 7.24. The van der Waals surface area contributed by atoms with Crippen LogP contribution in [-0.4, -0.2) is 34.6 Å². The monoisotopic (exact) mass is 324 g/mol.